The van der Waals surface area contributed by atoms with Crippen LogP contribution in [-0.2, 0) is 0 Å². The number of nitrogens with zero attached hydrogens (tertiary/aromatic N) is 8. The third-order valence-electron chi connectivity index (χ3n) is 12.8. The van der Waals surface area contributed by atoms with E-state index in [1.807, 2.05) is 79.1 Å². The van der Waals surface area contributed by atoms with E-state index in [2.05, 4.69) is 159 Å². The Balaban J connectivity index is 0.901. The maximum Gasteiger partial charge on any atom is 0.160 e. The van der Waals surface area contributed by atoms with E-state index in [1.54, 1.807) is 12.4 Å². The van der Waals surface area contributed by atoms with Crippen molar-refractivity contribution < 1.29 is 0 Å². The van der Waals surface area contributed by atoms with Gasteiger partial charge in [0, 0.05) is 74.4 Å². The molecule has 13 aromatic rings. The first kappa shape index (κ1) is 39.0. The van der Waals surface area contributed by atoms with Crippen LogP contribution >= 0.6 is 0 Å². The van der Waals surface area contributed by atoms with Crippen molar-refractivity contribution in [3.05, 3.63) is 231 Å². The second kappa shape index (κ2) is 16.2. The molecule has 6 aromatic carbocycles. The van der Waals surface area contributed by atoms with Crippen LogP contribution in [0.15, 0.2) is 231 Å². The molecule has 0 saturated heterocycles. The molecular weight excluding hydrogens is 833 g/mol. The highest BCUT2D eigenvalue weighted by Gasteiger charge is 2.18. The molecule has 68 heavy (non-hydrogen) atoms. The lowest BCUT2D eigenvalue weighted by Gasteiger charge is -2.13. The molecule has 0 unspecified atom stereocenters. The van der Waals surface area contributed by atoms with E-state index in [1.165, 1.54) is 32.6 Å². The van der Waals surface area contributed by atoms with Gasteiger partial charge in [-0.05, 0) is 120 Å². The van der Waals surface area contributed by atoms with Gasteiger partial charge in [0.25, 0.3) is 0 Å². The molecule has 8 nitrogen and oxygen atoms in total. The van der Waals surface area contributed by atoms with Crippen LogP contribution in [0.4, 0.5) is 0 Å². The summed E-state index contributed by atoms with van der Waals surface area (Å²) in [6.07, 6.45) is 7.26. The highest BCUT2D eigenvalue weighted by molar-refractivity contribution is 6.11. The van der Waals surface area contributed by atoms with Crippen molar-refractivity contribution in [2.24, 2.45) is 0 Å². The van der Waals surface area contributed by atoms with Gasteiger partial charge in [0.05, 0.1) is 56.2 Å². The Morgan fingerprint density at radius 2 is 0.735 bits per heavy atom. The summed E-state index contributed by atoms with van der Waals surface area (Å²) in [6.45, 7) is 0. The Bertz CT molecular complexity index is 3850. The second-order valence-corrected chi connectivity index (χ2v) is 16.8. The minimum Gasteiger partial charge on any atom is -0.309 e. The fourth-order valence-corrected chi connectivity index (χ4v) is 9.54. The average Bonchev–Trinajstić information content (AvgIpc) is 3.94. The summed E-state index contributed by atoms with van der Waals surface area (Å²) in [6, 6.07) is 71.8. The molecule has 7 aromatic heterocycles. The first-order chi connectivity index (χ1) is 33.7. The number of hydrogen-bond donors (Lipinski definition) is 0. The quantitative estimate of drug-likeness (QED) is 0.151. The second-order valence-electron chi connectivity index (χ2n) is 16.8. The minimum absolute atomic E-state index is 0.575. The van der Waals surface area contributed by atoms with Gasteiger partial charge < -0.3 is 9.13 Å². The van der Waals surface area contributed by atoms with E-state index < -0.39 is 0 Å². The van der Waals surface area contributed by atoms with Crippen molar-refractivity contribution in [2.45, 2.75) is 0 Å². The highest BCUT2D eigenvalue weighted by atomic mass is 15.0. The molecule has 7 heterocycles. The molecule has 13 rings (SSSR count). The van der Waals surface area contributed by atoms with Gasteiger partial charge in [-0.25, -0.2) is 9.97 Å². The average molecular weight is 871 g/mol. The lowest BCUT2D eigenvalue weighted by Crippen LogP contribution is -1.98. The van der Waals surface area contributed by atoms with Crippen molar-refractivity contribution in [3.8, 4) is 79.2 Å². The van der Waals surface area contributed by atoms with E-state index in [4.69, 9.17) is 19.9 Å². The number of benzene rings is 6. The zero-order valence-corrected chi connectivity index (χ0v) is 36.5. The molecule has 8 heteroatoms. The Labute approximate surface area is 391 Å². The molecule has 0 atom stereocenters. The molecule has 0 saturated carbocycles. The number of fused-ring (bicyclic) bond motifs is 6. The topological polar surface area (TPSA) is 87.2 Å². The minimum atomic E-state index is 0.575. The van der Waals surface area contributed by atoms with Crippen molar-refractivity contribution in [1.82, 2.24) is 39.0 Å². The number of hydrogen-bond acceptors (Lipinski definition) is 6. The van der Waals surface area contributed by atoms with Crippen LogP contribution in [0.1, 0.15) is 0 Å². The van der Waals surface area contributed by atoms with Crippen molar-refractivity contribution in [1.29, 1.82) is 0 Å². The molecule has 0 fully saturated rings. The summed E-state index contributed by atoms with van der Waals surface area (Å²) in [4.78, 5) is 29.1. The molecule has 0 amide bonds. The van der Waals surface area contributed by atoms with Crippen molar-refractivity contribution in [3.63, 3.8) is 0 Å². The zero-order valence-electron chi connectivity index (χ0n) is 36.5. The van der Waals surface area contributed by atoms with Gasteiger partial charge in [0.1, 0.15) is 0 Å². The molecule has 0 radical (unpaired) electrons. The maximum absolute atomic E-state index is 5.16. The molecule has 0 aliphatic heterocycles. The van der Waals surface area contributed by atoms with Gasteiger partial charge >= 0.3 is 0 Å². The van der Waals surface area contributed by atoms with Gasteiger partial charge in [-0.15, -0.1) is 0 Å². The lowest BCUT2D eigenvalue weighted by atomic mass is 10.0. The molecule has 0 spiro atoms. The van der Waals surface area contributed by atoms with Crippen molar-refractivity contribution >= 4 is 43.6 Å². The number of rotatable bonds is 8. The van der Waals surface area contributed by atoms with E-state index in [0.717, 1.165) is 73.0 Å². The van der Waals surface area contributed by atoms with Gasteiger partial charge in [-0.2, -0.15) is 0 Å². The van der Waals surface area contributed by atoms with Gasteiger partial charge in [-0.1, -0.05) is 97.1 Å². The molecule has 0 aliphatic carbocycles. The SMILES string of the molecule is c1ccc(-c2ccc(-c3cc(-c4ccc(-c5ccccn5)cn4)nc(-c4cccc(-c5ccc6c(c5)c5ccccc5n6-c5cccc(-n6c7ccccc7c7ccccc76)c5)c4)n3)nc2)nc1. The normalized spacial score (nSPS) is 11.5. The standard InChI is InChI=1S/C60H38N8/c1-4-22-56-46(17-1)47-18-2-5-23-57(47)67(56)44-15-12-16-45(35-44)68-58-24-6-3-19-48(58)49-34-40(27-30-59(49)68)39-13-11-14-41(33-39)60-65-54(52-28-25-42(37-63-52)50-20-7-9-31-61-50)36-55(66-60)53-29-26-43(38-64-53)51-21-8-10-32-62-51/h1-38H. The predicted octanol–water partition coefficient (Wildman–Crippen LogP) is 14.3. The van der Waals surface area contributed by atoms with E-state index in [0.29, 0.717) is 17.2 Å². The first-order valence-corrected chi connectivity index (χ1v) is 22.6. The van der Waals surface area contributed by atoms with E-state index >= 15 is 0 Å². The Morgan fingerprint density at radius 1 is 0.265 bits per heavy atom. The number of pyridine rings is 4. The van der Waals surface area contributed by atoms with Crippen LogP contribution in [0.25, 0.3) is 123 Å². The van der Waals surface area contributed by atoms with Crippen LogP contribution in [0.5, 0.6) is 0 Å². The summed E-state index contributed by atoms with van der Waals surface area (Å²) in [5.74, 6) is 0.575. The van der Waals surface area contributed by atoms with Crippen LogP contribution in [0.2, 0.25) is 0 Å². The van der Waals surface area contributed by atoms with E-state index in [-0.39, 0.29) is 0 Å². The molecule has 0 N–H and O–H groups in total. The zero-order chi connectivity index (χ0) is 45.0. The monoisotopic (exact) mass is 870 g/mol. The van der Waals surface area contributed by atoms with Crippen LogP contribution in [0.3, 0.4) is 0 Å². The summed E-state index contributed by atoms with van der Waals surface area (Å²) in [5.41, 5.74) is 16.3. The molecule has 0 aliphatic rings. The smallest absolute Gasteiger partial charge is 0.160 e. The molecule has 0 bridgehead atoms. The summed E-state index contributed by atoms with van der Waals surface area (Å²) >= 11 is 0. The Hall–Kier alpha value is -9.40. The van der Waals surface area contributed by atoms with E-state index in [9.17, 15) is 0 Å². The van der Waals surface area contributed by atoms with Crippen LogP contribution in [0, 0.1) is 0 Å². The number of para-hydroxylation sites is 3. The van der Waals surface area contributed by atoms with Crippen LogP contribution < -0.4 is 0 Å². The third kappa shape index (κ3) is 6.78. The highest BCUT2D eigenvalue weighted by Crippen LogP contribution is 2.38. The fourth-order valence-electron chi connectivity index (χ4n) is 9.54. The van der Waals surface area contributed by atoms with Gasteiger partial charge in [0.2, 0.25) is 0 Å². The molecule has 318 valence electrons. The summed E-state index contributed by atoms with van der Waals surface area (Å²) in [7, 11) is 0. The third-order valence-corrected chi connectivity index (χ3v) is 12.8. The fraction of sp³-hybridized carbons (Fsp3) is 0. The Morgan fingerprint density at radius 3 is 1.26 bits per heavy atom. The predicted molar refractivity (Wildman–Crippen MR) is 275 cm³/mol. The van der Waals surface area contributed by atoms with Crippen molar-refractivity contribution in [2.75, 3.05) is 0 Å². The largest absolute Gasteiger partial charge is 0.309 e. The van der Waals surface area contributed by atoms with Gasteiger partial charge in [-0.3, -0.25) is 19.9 Å². The lowest BCUT2D eigenvalue weighted by molar-refractivity contribution is 1.13. The first-order valence-electron chi connectivity index (χ1n) is 22.6. The summed E-state index contributed by atoms with van der Waals surface area (Å²) < 4.78 is 4.76. The molecular formula is C60H38N8. The summed E-state index contributed by atoms with van der Waals surface area (Å²) in [5, 5.41) is 4.85. The van der Waals surface area contributed by atoms with Crippen LogP contribution in [-0.4, -0.2) is 39.0 Å². The maximum atomic E-state index is 5.16. The van der Waals surface area contributed by atoms with Gasteiger partial charge in [0.15, 0.2) is 5.82 Å². The Kier molecular flexibility index (Phi) is 9.31. The number of aromatic nitrogens is 8.